The standard InChI is InChI=1S/C17H15N3O4S3/c18-27(23,24)15-8-7-11(26-15)10-19-16(21)12-4-1-2-5-13(12)20-17(22)14-6-3-9-25-14/h1-9H,10H2,(H,19,21)(H,20,22)(H2,18,23,24). The van der Waals surface area contributed by atoms with Crippen molar-refractivity contribution in [3.63, 3.8) is 0 Å². The Hall–Kier alpha value is -2.53. The van der Waals surface area contributed by atoms with E-state index in [1.807, 2.05) is 0 Å². The van der Waals surface area contributed by atoms with Crippen molar-refractivity contribution >= 4 is 50.2 Å². The first-order valence-electron chi connectivity index (χ1n) is 7.68. The van der Waals surface area contributed by atoms with Gasteiger partial charge in [-0.05, 0) is 35.7 Å². The number of hydrogen-bond donors (Lipinski definition) is 3. The van der Waals surface area contributed by atoms with Crippen molar-refractivity contribution in [1.29, 1.82) is 0 Å². The number of para-hydroxylation sites is 1. The van der Waals surface area contributed by atoms with Gasteiger partial charge in [0.05, 0.1) is 22.7 Å². The highest BCUT2D eigenvalue weighted by Gasteiger charge is 2.16. The number of sulfonamides is 1. The van der Waals surface area contributed by atoms with Crippen LogP contribution in [0.25, 0.3) is 0 Å². The molecule has 3 aromatic rings. The fourth-order valence-corrected chi connectivity index (χ4v) is 4.59. The lowest BCUT2D eigenvalue weighted by atomic mass is 10.1. The normalized spacial score (nSPS) is 11.1. The van der Waals surface area contributed by atoms with Gasteiger partial charge in [-0.15, -0.1) is 22.7 Å². The summed E-state index contributed by atoms with van der Waals surface area (Å²) in [6.45, 7) is 0.145. The summed E-state index contributed by atoms with van der Waals surface area (Å²) in [6.07, 6.45) is 0. The van der Waals surface area contributed by atoms with Gasteiger partial charge in [-0.1, -0.05) is 18.2 Å². The lowest BCUT2D eigenvalue weighted by Crippen LogP contribution is -2.24. The smallest absolute Gasteiger partial charge is 0.265 e. The molecule has 2 aromatic heterocycles. The molecule has 0 bridgehead atoms. The fourth-order valence-electron chi connectivity index (χ4n) is 2.25. The number of benzene rings is 1. The molecule has 0 aliphatic heterocycles. The number of thiophene rings is 2. The Labute approximate surface area is 163 Å². The van der Waals surface area contributed by atoms with Gasteiger partial charge in [0.15, 0.2) is 0 Å². The SMILES string of the molecule is NS(=O)(=O)c1ccc(CNC(=O)c2ccccc2NC(=O)c2cccs2)s1. The van der Waals surface area contributed by atoms with E-state index in [2.05, 4.69) is 10.6 Å². The van der Waals surface area contributed by atoms with E-state index in [1.165, 1.54) is 17.4 Å². The number of rotatable bonds is 6. The lowest BCUT2D eigenvalue weighted by molar-refractivity contribution is 0.0952. The summed E-state index contributed by atoms with van der Waals surface area (Å²) in [4.78, 5) is 25.9. The highest BCUT2D eigenvalue weighted by Crippen LogP contribution is 2.21. The van der Waals surface area contributed by atoms with Crippen LogP contribution in [0, 0.1) is 0 Å². The first-order valence-corrected chi connectivity index (χ1v) is 10.9. The molecule has 0 unspecified atom stereocenters. The van der Waals surface area contributed by atoms with E-state index in [9.17, 15) is 18.0 Å². The van der Waals surface area contributed by atoms with Gasteiger partial charge >= 0.3 is 0 Å². The molecule has 27 heavy (non-hydrogen) atoms. The highest BCUT2D eigenvalue weighted by molar-refractivity contribution is 7.91. The predicted octanol–water partition coefficient (Wildman–Crippen LogP) is 2.64. The molecule has 4 N–H and O–H groups in total. The third kappa shape index (κ3) is 4.80. The van der Waals surface area contributed by atoms with Gasteiger partial charge < -0.3 is 10.6 Å². The van der Waals surface area contributed by atoms with Crippen LogP contribution in [0.3, 0.4) is 0 Å². The van der Waals surface area contributed by atoms with Crippen molar-refractivity contribution in [1.82, 2.24) is 5.32 Å². The maximum atomic E-state index is 12.5. The Morgan fingerprint density at radius 2 is 1.78 bits per heavy atom. The summed E-state index contributed by atoms with van der Waals surface area (Å²) >= 11 is 2.30. The van der Waals surface area contributed by atoms with Crippen LogP contribution in [-0.4, -0.2) is 20.2 Å². The molecule has 140 valence electrons. The van der Waals surface area contributed by atoms with Crippen molar-refractivity contribution in [2.75, 3.05) is 5.32 Å². The van der Waals surface area contributed by atoms with Crippen LogP contribution in [-0.2, 0) is 16.6 Å². The fraction of sp³-hybridized carbons (Fsp3) is 0.0588. The average Bonchev–Trinajstić information content (AvgIpc) is 3.31. The average molecular weight is 422 g/mol. The number of carbonyl (C=O) groups is 2. The Bertz CT molecular complexity index is 1070. The Balaban J connectivity index is 1.70. The minimum atomic E-state index is -3.76. The molecule has 0 fully saturated rings. The summed E-state index contributed by atoms with van der Waals surface area (Å²) < 4.78 is 22.7. The summed E-state index contributed by atoms with van der Waals surface area (Å²) in [6, 6.07) is 13.1. The van der Waals surface area contributed by atoms with Gasteiger partial charge in [-0.2, -0.15) is 0 Å². The summed E-state index contributed by atoms with van der Waals surface area (Å²) in [5.41, 5.74) is 0.704. The first-order chi connectivity index (χ1) is 12.8. The Kier molecular flexibility index (Phi) is 5.71. The largest absolute Gasteiger partial charge is 0.347 e. The number of nitrogens with two attached hydrogens (primary N) is 1. The van der Waals surface area contributed by atoms with Crippen molar-refractivity contribution in [2.24, 2.45) is 5.14 Å². The molecule has 0 aliphatic carbocycles. The van der Waals surface area contributed by atoms with Crippen LogP contribution >= 0.6 is 22.7 Å². The number of anilines is 1. The second-order valence-corrected chi connectivity index (χ2v) is 9.33. The van der Waals surface area contributed by atoms with Crippen LogP contribution in [0.15, 0.2) is 58.1 Å². The van der Waals surface area contributed by atoms with E-state index in [0.717, 1.165) is 11.3 Å². The topological polar surface area (TPSA) is 118 Å². The van der Waals surface area contributed by atoms with E-state index in [0.29, 0.717) is 21.0 Å². The number of amides is 2. The molecule has 0 spiro atoms. The molecule has 7 nitrogen and oxygen atoms in total. The van der Waals surface area contributed by atoms with Gasteiger partial charge in [0, 0.05) is 4.88 Å². The molecule has 0 saturated heterocycles. The van der Waals surface area contributed by atoms with Crippen molar-refractivity contribution in [3.8, 4) is 0 Å². The van der Waals surface area contributed by atoms with Crippen LogP contribution in [0.1, 0.15) is 24.9 Å². The molecule has 10 heteroatoms. The third-order valence-electron chi connectivity index (χ3n) is 3.51. The summed E-state index contributed by atoms with van der Waals surface area (Å²) in [5, 5.41) is 12.3. The lowest BCUT2D eigenvalue weighted by Gasteiger charge is -2.10. The Morgan fingerprint density at radius 3 is 2.44 bits per heavy atom. The number of nitrogens with one attached hydrogen (secondary N) is 2. The molecule has 0 atom stereocenters. The zero-order valence-electron chi connectivity index (χ0n) is 13.8. The summed E-state index contributed by atoms with van der Waals surface area (Å²) in [5.74, 6) is -0.677. The molecule has 3 rings (SSSR count). The number of carbonyl (C=O) groups excluding carboxylic acids is 2. The molecule has 0 radical (unpaired) electrons. The zero-order valence-corrected chi connectivity index (χ0v) is 16.3. The molecule has 1 aromatic carbocycles. The van der Waals surface area contributed by atoms with E-state index in [-0.39, 0.29) is 22.6 Å². The predicted molar refractivity (Wildman–Crippen MR) is 106 cm³/mol. The second-order valence-electron chi connectivity index (χ2n) is 5.43. The van der Waals surface area contributed by atoms with Gasteiger partial charge in [0.25, 0.3) is 11.8 Å². The van der Waals surface area contributed by atoms with Crippen molar-refractivity contribution in [2.45, 2.75) is 10.8 Å². The van der Waals surface area contributed by atoms with E-state index in [4.69, 9.17) is 5.14 Å². The second kappa shape index (κ2) is 8.01. The minimum absolute atomic E-state index is 0.0374. The van der Waals surface area contributed by atoms with Gasteiger partial charge in [-0.25, -0.2) is 13.6 Å². The molecule has 2 heterocycles. The van der Waals surface area contributed by atoms with Gasteiger partial charge in [0.2, 0.25) is 10.0 Å². The van der Waals surface area contributed by atoms with Crippen LogP contribution in [0.2, 0.25) is 0 Å². The van der Waals surface area contributed by atoms with Crippen LogP contribution < -0.4 is 15.8 Å². The Morgan fingerprint density at radius 1 is 1.00 bits per heavy atom. The molecule has 0 aliphatic rings. The number of hydrogen-bond acceptors (Lipinski definition) is 6. The van der Waals surface area contributed by atoms with Gasteiger partial charge in [-0.3, -0.25) is 9.59 Å². The molecule has 2 amide bonds. The first kappa shape index (κ1) is 19.2. The van der Waals surface area contributed by atoms with E-state index >= 15 is 0 Å². The number of primary sulfonamides is 1. The third-order valence-corrected chi connectivity index (χ3v) is 6.90. The molecular formula is C17H15N3O4S3. The van der Waals surface area contributed by atoms with Crippen molar-refractivity contribution < 1.29 is 18.0 Å². The van der Waals surface area contributed by atoms with Crippen LogP contribution in [0.4, 0.5) is 5.69 Å². The molecular weight excluding hydrogens is 406 g/mol. The molecule has 0 saturated carbocycles. The highest BCUT2D eigenvalue weighted by atomic mass is 32.2. The zero-order chi connectivity index (χ0) is 19.4. The maximum absolute atomic E-state index is 12.5. The minimum Gasteiger partial charge on any atom is -0.347 e. The quantitative estimate of drug-likeness (QED) is 0.567. The maximum Gasteiger partial charge on any atom is 0.265 e. The van der Waals surface area contributed by atoms with Gasteiger partial charge in [0.1, 0.15) is 4.21 Å². The van der Waals surface area contributed by atoms with Crippen LogP contribution in [0.5, 0.6) is 0 Å². The monoisotopic (exact) mass is 421 g/mol. The van der Waals surface area contributed by atoms with E-state index < -0.39 is 10.0 Å². The van der Waals surface area contributed by atoms with E-state index in [1.54, 1.807) is 47.8 Å². The summed E-state index contributed by atoms with van der Waals surface area (Å²) in [7, 11) is -3.76. The van der Waals surface area contributed by atoms with Crippen molar-refractivity contribution in [3.05, 3.63) is 69.2 Å².